The van der Waals surface area contributed by atoms with Crippen LogP contribution in [0.2, 0.25) is 0 Å². The van der Waals surface area contributed by atoms with Gasteiger partial charge in [-0.15, -0.1) is 0 Å². The van der Waals surface area contributed by atoms with Crippen LogP contribution >= 0.6 is 0 Å². The van der Waals surface area contributed by atoms with Crippen molar-refractivity contribution in [2.75, 3.05) is 0 Å². The molecule has 0 aromatic heterocycles. The van der Waals surface area contributed by atoms with Crippen LogP contribution in [-0.4, -0.2) is 0 Å². The van der Waals surface area contributed by atoms with E-state index in [-0.39, 0.29) is 1720 Å². The van der Waals surface area contributed by atoms with Gasteiger partial charge in [-0.1, -0.05) is 365 Å². The quantitative estimate of drug-likeness (QED) is 0.136. The van der Waals surface area contributed by atoms with Crippen molar-refractivity contribution in [2.24, 2.45) is 0 Å². The molecule has 0 aliphatic rings. The zero-order chi connectivity index (χ0) is 59.1. The molecular formula is C81H174Y50-10. The van der Waals surface area contributed by atoms with Crippen LogP contribution in [0.3, 0.4) is 0 Å². The second kappa shape index (κ2) is 636. The average molecular weight is 5590 g/mol. The van der Waals surface area contributed by atoms with Crippen molar-refractivity contribution in [1.29, 1.82) is 0 Å². The van der Waals surface area contributed by atoms with E-state index >= 15 is 0 Å². The fourth-order valence-corrected chi connectivity index (χ4v) is 1.92. The predicted octanol–water partition coefficient (Wildman–Crippen LogP) is 32.7. The Bertz CT molecular complexity index is 846. The van der Waals surface area contributed by atoms with Gasteiger partial charge in [-0.3, -0.25) is 0 Å². The summed E-state index contributed by atoms with van der Waals surface area (Å²) in [5, 5.41) is 0. The van der Waals surface area contributed by atoms with Crippen LogP contribution in [0.1, 0.15) is 287 Å². The summed E-state index contributed by atoms with van der Waals surface area (Å²) in [6.45, 7) is 71.3. The Kier molecular flexibility index (Phi) is 2570. The molecule has 0 saturated heterocycles. The summed E-state index contributed by atoms with van der Waals surface area (Å²) in [5.41, 5.74) is 0. The maximum Gasteiger partial charge on any atom is 0 e. The molecule has 0 bridgehead atoms. The van der Waals surface area contributed by atoms with Crippen molar-refractivity contribution in [2.45, 2.75) is 287 Å². The van der Waals surface area contributed by atoms with Crippen LogP contribution in [0.4, 0.5) is 0 Å². The van der Waals surface area contributed by atoms with E-state index in [2.05, 4.69) is 104 Å². The van der Waals surface area contributed by atoms with Crippen LogP contribution in [-0.2, 0) is 1640 Å². The monoisotopic (exact) mass is 5590 g/mol. The zero-order valence-corrected chi connectivity index (χ0v) is 231. The summed E-state index contributed by atoms with van der Waals surface area (Å²) in [7, 11) is 0. The van der Waals surface area contributed by atoms with Crippen LogP contribution in [0.15, 0.2) is 182 Å². The number of hydrogen-bond donors (Lipinski definition) is 0. The first kappa shape index (κ1) is 530. The van der Waals surface area contributed by atoms with Gasteiger partial charge in [0.15, 0.2) is 0 Å². The third-order valence-electron chi connectivity index (χ3n) is 3.33. The van der Waals surface area contributed by atoms with E-state index in [1.54, 1.807) is 0 Å². The Hall–Kier alpha value is 51.3. The Balaban J connectivity index is -0.00000000324. The van der Waals surface area contributed by atoms with E-state index < -0.39 is 0 Å². The van der Waals surface area contributed by atoms with Gasteiger partial charge < -0.3 is 66.7 Å². The van der Waals surface area contributed by atoms with Gasteiger partial charge in [0.2, 0.25) is 0 Å². The molecule has 5 aromatic carbocycles. The fraction of sp³-hybridized carbons (Fsp3) is 0.506. The third-order valence-corrected chi connectivity index (χ3v) is 3.33. The van der Waals surface area contributed by atoms with Gasteiger partial charge in [0, 0.05) is 1640 Å². The van der Waals surface area contributed by atoms with Crippen LogP contribution in [0.5, 0.6) is 0 Å². The largest absolute Gasteiger partial charge is 0.358 e. The second-order valence-corrected chi connectivity index (χ2v) is 13.3. The number of hydrogen-bond acceptors (Lipinski definition) is 0. The Labute approximate surface area is 2100 Å². The molecule has 131 heavy (non-hydrogen) atoms. The van der Waals surface area contributed by atoms with Crippen molar-refractivity contribution < 1.29 is 1640 Å². The summed E-state index contributed by atoms with van der Waals surface area (Å²) < 4.78 is 0. The summed E-state index contributed by atoms with van der Waals surface area (Å²) in [6.07, 6.45) is 0. The van der Waals surface area contributed by atoms with E-state index in [1.165, 1.54) is 29.6 Å². The molecule has 5 rings (SSSR count). The molecule has 0 nitrogen and oxygen atoms in total. The minimum absolute atomic E-state index is 0. The fourth-order valence-electron chi connectivity index (χ4n) is 1.92. The van der Waals surface area contributed by atoms with Crippen molar-refractivity contribution in [3.63, 3.8) is 0 Å². The predicted molar refractivity (Wildman–Crippen MR) is 419 cm³/mol. The van der Waals surface area contributed by atoms with Crippen LogP contribution < -0.4 is 0 Å². The molecule has 0 amide bonds. The summed E-state index contributed by atoms with van der Waals surface area (Å²) in [4.78, 5) is 0. The van der Waals surface area contributed by atoms with Gasteiger partial charge in [0.25, 0.3) is 0 Å². The smallest absolute Gasteiger partial charge is 0 e. The van der Waals surface area contributed by atoms with Gasteiger partial charge in [0.05, 0.1) is 0 Å². The molecule has 50 radical (unpaired) electrons. The van der Waals surface area contributed by atoms with E-state index in [0.29, 0.717) is 0 Å². The molecule has 50 heteroatoms. The number of benzene rings is 5. The summed E-state index contributed by atoms with van der Waals surface area (Å²) >= 11 is 0. The minimum atomic E-state index is 0. The first-order valence-corrected chi connectivity index (χ1v) is 27.5. The Morgan fingerprint density at radius 2 is 0.0840 bits per heavy atom. The molecule has 0 atom stereocenters. The molecule has 0 fully saturated rings. The topological polar surface area (TPSA) is 0 Å². The molecule has 0 heterocycles. The third kappa shape index (κ3) is 882. The van der Waals surface area contributed by atoms with Crippen LogP contribution in [0, 0.1) is 66.7 Å². The molecule has 0 aliphatic carbocycles. The van der Waals surface area contributed by atoms with Gasteiger partial charge in [-0.2, -0.15) is 104 Å². The van der Waals surface area contributed by atoms with E-state index in [4.69, 9.17) is 0 Å². The Morgan fingerprint density at radius 1 is 0.0763 bits per heavy atom. The molecule has 658 valence electrons. The van der Waals surface area contributed by atoms with Crippen molar-refractivity contribution in [3.05, 3.63) is 249 Å². The summed E-state index contributed by atoms with van der Waals surface area (Å²) in [6, 6.07) is 60.0. The standard InChI is InChI=1S/5C6H6.5C4H9.10C2H6.6CH4.5CH3.50Y/c5*1-2-4-6-5-3-1;5*1-4(2)3;10*1-2;;;;;;;;;;;;;;;;;;;;;;;;;;;;;;;;;;;;;;;;;;;;;;;;;;;;;;;;;;;;;/h5*1-6H;5*1-3H3;10*1-2H3;6*1H4;5*1H3;;;;;;;;;;;;;;;;;;;;;;;;;;;;;;;;;;;;;;;;;;;;;;;;;;/q;;;;;5*-1;;;;;;;;;;;;;;;;;5*-1;;;;;;;;;;;;;;;;;;;;;;;;;;;;;;;;;;;;;;;;;;;;;;;;;;. The first-order chi connectivity index (χ1) is 33.7. The average Bonchev–Trinajstić information content (AvgIpc) is 3.42. The number of rotatable bonds is 0. The van der Waals surface area contributed by atoms with Crippen molar-refractivity contribution >= 4 is 0 Å². The zero-order valence-electron chi connectivity index (χ0n) is 88.7. The molecular weight excluding hydrogens is 5420 g/mol. The molecule has 5 aromatic rings. The van der Waals surface area contributed by atoms with E-state index in [9.17, 15) is 0 Å². The van der Waals surface area contributed by atoms with E-state index in [1.807, 2.05) is 320 Å². The minimum Gasteiger partial charge on any atom is -0.358 e. The first-order valence-electron chi connectivity index (χ1n) is 27.5. The van der Waals surface area contributed by atoms with Crippen molar-refractivity contribution in [1.82, 2.24) is 0 Å². The second-order valence-electron chi connectivity index (χ2n) is 13.3. The normalized spacial score (nSPS) is 3.66. The van der Waals surface area contributed by atoms with Crippen LogP contribution in [0.25, 0.3) is 0 Å². The maximum absolute atomic E-state index is 2.08. The maximum atomic E-state index is 2.08. The molecule has 0 saturated carbocycles. The molecule has 0 aliphatic heterocycles. The van der Waals surface area contributed by atoms with Gasteiger partial charge in [-0.25, -0.2) is 0 Å². The van der Waals surface area contributed by atoms with Crippen molar-refractivity contribution in [3.8, 4) is 0 Å². The summed E-state index contributed by atoms with van der Waals surface area (Å²) in [5.74, 6) is 7.08. The molecule has 0 unspecified atom stereocenters. The SMILES string of the molecule is C.C.C.C.C.C.CC.CC.CC.CC.CC.CC.CC.CC.CC.CC.C[C-](C)C.C[C-](C)C.C[C-](C)C.C[C-](C)C.C[C-](C)C.[CH3-].[CH3-].[CH3-].[CH3-].[CH3-].[Y].[Y].[Y].[Y].[Y].[Y].[Y].[Y].[Y].[Y].[Y].[Y].[Y].[Y].[Y].[Y].[Y].[Y].[Y].[Y].[Y].[Y].[Y].[Y].[Y].[Y].[Y].[Y].[Y].[Y].[Y].[Y].[Y].[Y].[Y].[Y].[Y].[Y].[Y].[Y].[Y].[Y].[Y].[Y].[Y].[Y].[Y].[Y].[Y].[Y].c1ccccc1.c1ccccc1.c1ccccc1.c1ccccc1.c1ccccc1. The van der Waals surface area contributed by atoms with E-state index in [0.717, 1.165) is 0 Å². The van der Waals surface area contributed by atoms with Gasteiger partial charge in [-0.05, 0) is 0 Å². The molecule has 0 spiro atoms. The molecule has 0 N–H and O–H groups in total. The van der Waals surface area contributed by atoms with Gasteiger partial charge >= 0.3 is 0 Å². The van der Waals surface area contributed by atoms with Gasteiger partial charge in [0.1, 0.15) is 0 Å². The Morgan fingerprint density at radius 3 is 0.0916 bits per heavy atom.